The molecule has 0 saturated carbocycles. The molecule has 112 valence electrons. The predicted molar refractivity (Wildman–Crippen MR) is 80.1 cm³/mol. The summed E-state index contributed by atoms with van der Waals surface area (Å²) in [5.74, 6) is 0.877. The molecule has 1 unspecified atom stereocenters. The Morgan fingerprint density at radius 3 is 3.05 bits per heavy atom. The van der Waals surface area contributed by atoms with E-state index in [-0.39, 0.29) is 17.8 Å². The van der Waals surface area contributed by atoms with Gasteiger partial charge in [0.25, 0.3) is 0 Å². The number of aromatic nitrogens is 2. The van der Waals surface area contributed by atoms with Crippen molar-refractivity contribution in [2.75, 3.05) is 12.4 Å². The van der Waals surface area contributed by atoms with Crippen LogP contribution in [0, 0.1) is 12.7 Å². The number of halogens is 2. The second-order valence-corrected chi connectivity index (χ2v) is 5.75. The Kier molecular flexibility index (Phi) is 3.85. The van der Waals surface area contributed by atoms with Crippen molar-refractivity contribution in [3.8, 4) is 0 Å². The van der Waals surface area contributed by atoms with Gasteiger partial charge in [0.05, 0.1) is 11.0 Å². The molecule has 1 amide bonds. The summed E-state index contributed by atoms with van der Waals surface area (Å²) in [4.78, 5) is 16.7. The van der Waals surface area contributed by atoms with Crippen LogP contribution >= 0.6 is 11.6 Å². The molecule has 3 rings (SSSR count). The summed E-state index contributed by atoms with van der Waals surface area (Å²) in [5, 5.41) is 2.89. The number of rotatable bonds is 3. The monoisotopic (exact) mass is 309 g/mol. The third-order valence-electron chi connectivity index (χ3n) is 3.93. The third kappa shape index (κ3) is 2.50. The number of hydrogen-bond acceptors (Lipinski definition) is 2. The van der Waals surface area contributed by atoms with E-state index in [1.807, 2.05) is 4.57 Å². The zero-order valence-electron chi connectivity index (χ0n) is 11.8. The third-order valence-corrected chi connectivity index (χ3v) is 4.12. The fraction of sp³-hybridized carbons (Fsp3) is 0.467. The molecule has 0 bridgehead atoms. The van der Waals surface area contributed by atoms with Gasteiger partial charge < -0.3 is 9.88 Å². The van der Waals surface area contributed by atoms with Gasteiger partial charge in [0.1, 0.15) is 17.7 Å². The Balaban J connectivity index is 2.19. The molecular weight excluding hydrogens is 293 g/mol. The average Bonchev–Trinajstić information content (AvgIpc) is 2.78. The number of hydrogen-bond donors (Lipinski definition) is 1. The number of carbonyl (C=O) groups excluding carboxylic acids is 1. The summed E-state index contributed by atoms with van der Waals surface area (Å²) >= 11 is 5.85. The quantitative estimate of drug-likeness (QED) is 0.886. The fourth-order valence-electron chi connectivity index (χ4n) is 2.88. The van der Waals surface area contributed by atoms with E-state index in [0.717, 1.165) is 24.2 Å². The lowest BCUT2D eigenvalue weighted by Gasteiger charge is -2.25. The molecule has 1 aliphatic heterocycles. The molecule has 1 atom stereocenters. The molecule has 6 heteroatoms. The number of alkyl halides is 1. The molecule has 2 aromatic rings. The van der Waals surface area contributed by atoms with Gasteiger partial charge in [-0.15, -0.1) is 11.6 Å². The summed E-state index contributed by atoms with van der Waals surface area (Å²) in [5.41, 5.74) is 1.94. The number of benzene rings is 1. The van der Waals surface area contributed by atoms with Gasteiger partial charge >= 0.3 is 0 Å². The first-order valence-electron chi connectivity index (χ1n) is 7.12. The van der Waals surface area contributed by atoms with Crippen molar-refractivity contribution in [1.82, 2.24) is 14.9 Å². The molecule has 1 fully saturated rings. The van der Waals surface area contributed by atoms with Crippen molar-refractivity contribution in [2.24, 2.45) is 0 Å². The summed E-state index contributed by atoms with van der Waals surface area (Å²) in [6.07, 6.45) is 2.25. The van der Waals surface area contributed by atoms with Crippen LogP contribution in [-0.2, 0) is 11.2 Å². The van der Waals surface area contributed by atoms with E-state index in [1.165, 1.54) is 6.07 Å². The SMILES string of the molecule is Cc1cc2c(cc1F)nc(CCCl)n2C1CCCNC1=O. The van der Waals surface area contributed by atoms with Crippen LogP contribution in [0.5, 0.6) is 0 Å². The van der Waals surface area contributed by atoms with Crippen molar-refractivity contribution in [2.45, 2.75) is 32.2 Å². The van der Waals surface area contributed by atoms with E-state index in [0.29, 0.717) is 29.9 Å². The smallest absolute Gasteiger partial charge is 0.243 e. The van der Waals surface area contributed by atoms with Crippen molar-refractivity contribution in [3.05, 3.63) is 29.3 Å². The van der Waals surface area contributed by atoms with E-state index >= 15 is 0 Å². The van der Waals surface area contributed by atoms with Crippen molar-refractivity contribution >= 4 is 28.5 Å². The maximum atomic E-state index is 13.7. The van der Waals surface area contributed by atoms with Crippen LogP contribution in [0.1, 0.15) is 30.3 Å². The van der Waals surface area contributed by atoms with E-state index in [2.05, 4.69) is 10.3 Å². The number of aryl methyl sites for hydroxylation is 2. The van der Waals surface area contributed by atoms with Gasteiger partial charge in [-0.25, -0.2) is 9.37 Å². The largest absolute Gasteiger partial charge is 0.354 e. The highest BCUT2D eigenvalue weighted by atomic mass is 35.5. The number of nitrogens with zero attached hydrogens (tertiary/aromatic N) is 2. The average molecular weight is 310 g/mol. The zero-order chi connectivity index (χ0) is 15.0. The number of carbonyl (C=O) groups is 1. The molecule has 1 N–H and O–H groups in total. The Hall–Kier alpha value is -1.62. The molecular formula is C15H17ClFN3O. The minimum Gasteiger partial charge on any atom is -0.354 e. The summed E-state index contributed by atoms with van der Waals surface area (Å²) in [7, 11) is 0. The molecule has 21 heavy (non-hydrogen) atoms. The van der Waals surface area contributed by atoms with Crippen LogP contribution in [0.25, 0.3) is 11.0 Å². The van der Waals surface area contributed by atoms with Crippen molar-refractivity contribution in [1.29, 1.82) is 0 Å². The van der Waals surface area contributed by atoms with Crippen LogP contribution in [-0.4, -0.2) is 27.9 Å². The highest BCUT2D eigenvalue weighted by molar-refractivity contribution is 6.17. The zero-order valence-corrected chi connectivity index (χ0v) is 12.6. The van der Waals surface area contributed by atoms with E-state index in [9.17, 15) is 9.18 Å². The maximum Gasteiger partial charge on any atom is 0.243 e. The number of imidazole rings is 1. The summed E-state index contributed by atoms with van der Waals surface area (Å²) in [6, 6.07) is 2.91. The van der Waals surface area contributed by atoms with Crippen LogP contribution in [0.4, 0.5) is 4.39 Å². The normalized spacial score (nSPS) is 19.0. The minimum absolute atomic E-state index is 0.00153. The van der Waals surface area contributed by atoms with Crippen LogP contribution in [0.2, 0.25) is 0 Å². The Labute approximate surface area is 127 Å². The van der Waals surface area contributed by atoms with Gasteiger partial charge in [-0.2, -0.15) is 0 Å². The van der Waals surface area contributed by atoms with Gasteiger partial charge in [0.15, 0.2) is 0 Å². The maximum absolute atomic E-state index is 13.7. The Morgan fingerprint density at radius 2 is 2.33 bits per heavy atom. The number of nitrogens with one attached hydrogen (secondary N) is 1. The lowest BCUT2D eigenvalue weighted by Crippen LogP contribution is -2.38. The predicted octanol–water partition coefficient (Wildman–Crippen LogP) is 2.72. The van der Waals surface area contributed by atoms with Gasteiger partial charge in [-0.3, -0.25) is 4.79 Å². The molecule has 0 aliphatic carbocycles. The standard InChI is InChI=1S/C15H17ClFN3O/c1-9-7-13-11(8-10(9)17)19-14(4-5-16)20(13)12-3-2-6-18-15(12)21/h7-8,12H,2-6H2,1H3,(H,18,21). The van der Waals surface area contributed by atoms with Gasteiger partial charge in [-0.1, -0.05) is 0 Å². The second kappa shape index (κ2) is 5.64. The number of amides is 1. The molecule has 4 nitrogen and oxygen atoms in total. The molecule has 0 spiro atoms. The number of fused-ring (bicyclic) bond motifs is 1. The van der Waals surface area contributed by atoms with E-state index in [1.54, 1.807) is 13.0 Å². The fourth-order valence-corrected chi connectivity index (χ4v) is 3.05. The first-order valence-corrected chi connectivity index (χ1v) is 7.66. The van der Waals surface area contributed by atoms with Gasteiger partial charge in [-0.05, 0) is 31.4 Å². The van der Waals surface area contributed by atoms with Crippen molar-refractivity contribution < 1.29 is 9.18 Å². The van der Waals surface area contributed by atoms with Crippen LogP contribution in [0.3, 0.4) is 0 Å². The summed E-state index contributed by atoms with van der Waals surface area (Å²) < 4.78 is 15.7. The molecule has 1 aromatic heterocycles. The molecule has 1 aliphatic rings. The Bertz CT molecular complexity index is 698. The van der Waals surface area contributed by atoms with Crippen LogP contribution < -0.4 is 5.32 Å². The first-order chi connectivity index (χ1) is 10.1. The van der Waals surface area contributed by atoms with Gasteiger partial charge in [0.2, 0.25) is 5.91 Å². The van der Waals surface area contributed by atoms with Crippen LogP contribution in [0.15, 0.2) is 12.1 Å². The van der Waals surface area contributed by atoms with Gasteiger partial charge in [0, 0.05) is 24.9 Å². The van der Waals surface area contributed by atoms with E-state index < -0.39 is 0 Å². The topological polar surface area (TPSA) is 46.9 Å². The second-order valence-electron chi connectivity index (χ2n) is 5.38. The first kappa shape index (κ1) is 14.3. The Morgan fingerprint density at radius 1 is 1.52 bits per heavy atom. The highest BCUT2D eigenvalue weighted by Crippen LogP contribution is 2.28. The lowest BCUT2D eigenvalue weighted by atomic mass is 10.1. The minimum atomic E-state index is -0.285. The molecule has 1 saturated heterocycles. The summed E-state index contributed by atoms with van der Waals surface area (Å²) in [6.45, 7) is 2.43. The highest BCUT2D eigenvalue weighted by Gasteiger charge is 2.27. The lowest BCUT2D eigenvalue weighted by molar-refractivity contribution is -0.125. The number of piperidine rings is 1. The molecule has 0 radical (unpaired) electrons. The van der Waals surface area contributed by atoms with E-state index in [4.69, 9.17) is 11.6 Å². The van der Waals surface area contributed by atoms with Crippen molar-refractivity contribution in [3.63, 3.8) is 0 Å². The molecule has 1 aromatic carbocycles. The molecule has 2 heterocycles.